The maximum absolute atomic E-state index is 13.0. The van der Waals surface area contributed by atoms with E-state index in [1.807, 2.05) is 24.3 Å². The van der Waals surface area contributed by atoms with Gasteiger partial charge in [0.15, 0.2) is 0 Å². The van der Waals surface area contributed by atoms with Gasteiger partial charge in [0.2, 0.25) is 0 Å². The number of likely N-dealkylation sites (tertiary alicyclic amines) is 1. The van der Waals surface area contributed by atoms with Crippen LogP contribution in [0.3, 0.4) is 0 Å². The Hall–Kier alpha value is -2.82. The Labute approximate surface area is 170 Å². The molecule has 2 aliphatic carbocycles. The topological polar surface area (TPSA) is 66.8 Å². The summed E-state index contributed by atoms with van der Waals surface area (Å²) >= 11 is 0. The molecular formula is C24H25NO4. The smallest absolute Gasteiger partial charge is 0.410 e. The Morgan fingerprint density at radius 2 is 1.59 bits per heavy atom. The van der Waals surface area contributed by atoms with E-state index in [1.165, 1.54) is 22.3 Å². The van der Waals surface area contributed by atoms with Crippen LogP contribution in [0.1, 0.15) is 42.7 Å². The van der Waals surface area contributed by atoms with Gasteiger partial charge < -0.3 is 14.7 Å². The van der Waals surface area contributed by atoms with Crippen LogP contribution in [0.15, 0.2) is 48.5 Å². The van der Waals surface area contributed by atoms with E-state index in [2.05, 4.69) is 24.3 Å². The van der Waals surface area contributed by atoms with Crippen molar-refractivity contribution >= 4 is 12.1 Å². The molecule has 0 bridgehead atoms. The highest BCUT2D eigenvalue weighted by Gasteiger charge is 2.43. The van der Waals surface area contributed by atoms with Gasteiger partial charge in [-0.05, 0) is 53.9 Å². The molecule has 2 fully saturated rings. The van der Waals surface area contributed by atoms with Crippen molar-refractivity contribution in [2.75, 3.05) is 13.2 Å². The van der Waals surface area contributed by atoms with Crippen LogP contribution in [-0.4, -0.2) is 41.3 Å². The molecule has 2 atom stereocenters. The molecule has 2 aromatic carbocycles. The molecular weight excluding hydrogens is 366 g/mol. The average Bonchev–Trinajstić information content (AvgIpc) is 3.55. The zero-order valence-electron chi connectivity index (χ0n) is 16.3. The number of aliphatic carboxylic acids is 1. The van der Waals surface area contributed by atoms with Gasteiger partial charge in [-0.25, -0.2) is 4.79 Å². The van der Waals surface area contributed by atoms with Crippen LogP contribution in [0.5, 0.6) is 0 Å². The lowest BCUT2D eigenvalue weighted by atomic mass is 9.89. The number of amides is 1. The fraction of sp³-hybridized carbons (Fsp3) is 0.417. The number of benzene rings is 2. The normalized spacial score (nSPS) is 23.4. The molecule has 1 amide bonds. The number of carboxylic acids is 1. The lowest BCUT2D eigenvalue weighted by molar-refractivity contribution is -0.144. The van der Waals surface area contributed by atoms with Crippen LogP contribution in [-0.2, 0) is 9.53 Å². The second-order valence-electron chi connectivity index (χ2n) is 8.46. The molecule has 1 aliphatic heterocycles. The summed E-state index contributed by atoms with van der Waals surface area (Å²) in [5.74, 6) is -0.624. The number of piperidine rings is 1. The van der Waals surface area contributed by atoms with Crippen LogP contribution >= 0.6 is 0 Å². The first-order valence-electron chi connectivity index (χ1n) is 10.5. The molecule has 2 aromatic rings. The van der Waals surface area contributed by atoms with E-state index in [-0.39, 0.29) is 24.0 Å². The van der Waals surface area contributed by atoms with Gasteiger partial charge in [0.05, 0.1) is 5.92 Å². The Balaban J connectivity index is 1.31. The minimum Gasteiger partial charge on any atom is -0.481 e. The Morgan fingerprint density at radius 1 is 0.966 bits per heavy atom. The fourth-order valence-corrected chi connectivity index (χ4v) is 5.05. The minimum absolute atomic E-state index is 0.000463. The van der Waals surface area contributed by atoms with E-state index in [9.17, 15) is 14.7 Å². The van der Waals surface area contributed by atoms with Gasteiger partial charge in [0, 0.05) is 18.5 Å². The molecule has 1 heterocycles. The van der Waals surface area contributed by atoms with Crippen molar-refractivity contribution in [1.29, 1.82) is 0 Å². The number of carbonyl (C=O) groups excluding carboxylic acids is 1. The molecule has 150 valence electrons. The maximum atomic E-state index is 13.0. The zero-order chi connectivity index (χ0) is 20.0. The minimum atomic E-state index is -0.747. The highest BCUT2D eigenvalue weighted by atomic mass is 16.6. The molecule has 0 spiro atoms. The number of hydrogen-bond donors (Lipinski definition) is 1. The van der Waals surface area contributed by atoms with Crippen molar-refractivity contribution in [3.63, 3.8) is 0 Å². The fourth-order valence-electron chi connectivity index (χ4n) is 5.05. The first-order valence-corrected chi connectivity index (χ1v) is 10.5. The van der Waals surface area contributed by atoms with Crippen molar-refractivity contribution in [3.8, 4) is 11.1 Å². The van der Waals surface area contributed by atoms with Crippen LogP contribution in [0.25, 0.3) is 11.1 Å². The van der Waals surface area contributed by atoms with Crippen LogP contribution < -0.4 is 0 Å². The van der Waals surface area contributed by atoms with Crippen molar-refractivity contribution in [3.05, 3.63) is 59.7 Å². The summed E-state index contributed by atoms with van der Waals surface area (Å²) in [6.45, 7) is 0.776. The van der Waals surface area contributed by atoms with Gasteiger partial charge in [-0.2, -0.15) is 0 Å². The largest absolute Gasteiger partial charge is 0.481 e. The predicted octanol–water partition coefficient (Wildman–Crippen LogP) is 4.51. The monoisotopic (exact) mass is 391 g/mol. The average molecular weight is 391 g/mol. The van der Waals surface area contributed by atoms with E-state index in [1.54, 1.807) is 4.90 Å². The molecule has 3 aliphatic rings. The quantitative estimate of drug-likeness (QED) is 0.833. The van der Waals surface area contributed by atoms with E-state index < -0.39 is 5.97 Å². The Bertz CT molecular complexity index is 906. The van der Waals surface area contributed by atoms with E-state index in [0.29, 0.717) is 31.9 Å². The van der Waals surface area contributed by atoms with E-state index >= 15 is 0 Å². The molecule has 29 heavy (non-hydrogen) atoms. The zero-order valence-corrected chi connectivity index (χ0v) is 16.3. The van der Waals surface area contributed by atoms with Crippen LogP contribution in [0, 0.1) is 11.8 Å². The number of carbonyl (C=O) groups is 2. The Kier molecular flexibility index (Phi) is 4.53. The van der Waals surface area contributed by atoms with Gasteiger partial charge in [0.25, 0.3) is 0 Å². The van der Waals surface area contributed by atoms with Crippen LogP contribution in [0.4, 0.5) is 4.79 Å². The Morgan fingerprint density at radius 3 is 2.17 bits per heavy atom. The first kappa shape index (κ1) is 18.2. The van der Waals surface area contributed by atoms with Gasteiger partial charge in [-0.3, -0.25) is 4.79 Å². The maximum Gasteiger partial charge on any atom is 0.410 e. The number of hydrogen-bond acceptors (Lipinski definition) is 3. The summed E-state index contributed by atoms with van der Waals surface area (Å²) in [5.41, 5.74) is 4.82. The van der Waals surface area contributed by atoms with E-state index in [0.717, 1.165) is 12.8 Å². The summed E-state index contributed by atoms with van der Waals surface area (Å²) in [7, 11) is 0. The number of nitrogens with zero attached hydrogens (tertiary/aromatic N) is 1. The lowest BCUT2D eigenvalue weighted by Gasteiger charge is -2.38. The number of carboxylic acid groups (broad SMARTS) is 1. The molecule has 1 N–H and O–H groups in total. The summed E-state index contributed by atoms with van der Waals surface area (Å²) in [6, 6.07) is 16.6. The number of rotatable bonds is 4. The third kappa shape index (κ3) is 3.28. The second kappa shape index (κ2) is 7.21. The number of fused-ring (bicyclic) bond motifs is 3. The van der Waals surface area contributed by atoms with E-state index in [4.69, 9.17) is 4.74 Å². The lowest BCUT2D eigenvalue weighted by Crippen LogP contribution is -2.49. The summed E-state index contributed by atoms with van der Waals surface area (Å²) in [4.78, 5) is 26.2. The first-order chi connectivity index (χ1) is 14.1. The summed E-state index contributed by atoms with van der Waals surface area (Å²) < 4.78 is 5.82. The van der Waals surface area contributed by atoms with Crippen molar-refractivity contribution < 1.29 is 19.4 Å². The molecule has 0 aromatic heterocycles. The predicted molar refractivity (Wildman–Crippen MR) is 109 cm³/mol. The molecule has 1 saturated heterocycles. The third-order valence-electron chi connectivity index (χ3n) is 6.73. The van der Waals surface area contributed by atoms with Crippen molar-refractivity contribution in [2.45, 2.75) is 37.6 Å². The SMILES string of the molecule is O=C(O)[C@@H]1CCN(C(=O)OCC2c3ccccc3-c3ccccc32)[C@@H](C2CC2)C1. The highest BCUT2D eigenvalue weighted by molar-refractivity contribution is 5.79. The second-order valence-corrected chi connectivity index (χ2v) is 8.46. The molecule has 5 nitrogen and oxygen atoms in total. The van der Waals surface area contributed by atoms with Crippen molar-refractivity contribution in [2.24, 2.45) is 11.8 Å². The summed E-state index contributed by atoms with van der Waals surface area (Å²) in [6.07, 6.45) is 2.90. The van der Waals surface area contributed by atoms with Gasteiger partial charge in [-0.15, -0.1) is 0 Å². The molecule has 5 rings (SSSR count). The number of ether oxygens (including phenoxy) is 1. The molecule has 0 unspecified atom stereocenters. The van der Waals surface area contributed by atoms with Gasteiger partial charge in [0.1, 0.15) is 6.61 Å². The highest BCUT2D eigenvalue weighted by Crippen LogP contribution is 2.45. The summed E-state index contributed by atoms with van der Waals surface area (Å²) in [5, 5.41) is 9.38. The standard InChI is InChI=1S/C24H25NO4/c26-23(27)16-11-12-25(22(13-16)15-9-10-15)24(28)29-14-21-19-7-3-1-5-17(19)18-6-2-4-8-20(18)21/h1-8,15-16,21-22H,9-14H2,(H,26,27)/t16-,22-/m1/s1. The van der Waals surface area contributed by atoms with Gasteiger partial charge >= 0.3 is 12.1 Å². The third-order valence-corrected chi connectivity index (χ3v) is 6.73. The molecule has 1 saturated carbocycles. The van der Waals surface area contributed by atoms with Gasteiger partial charge in [-0.1, -0.05) is 48.5 Å². The molecule has 0 radical (unpaired) electrons. The van der Waals surface area contributed by atoms with Crippen molar-refractivity contribution in [1.82, 2.24) is 4.90 Å². The van der Waals surface area contributed by atoms with Crippen LogP contribution in [0.2, 0.25) is 0 Å². The molecule has 5 heteroatoms.